The van der Waals surface area contributed by atoms with Crippen LogP contribution < -0.4 is 5.32 Å². The summed E-state index contributed by atoms with van der Waals surface area (Å²) in [7, 11) is 1.67. The normalized spacial score (nSPS) is 13.1. The van der Waals surface area contributed by atoms with Crippen molar-refractivity contribution < 1.29 is 13.9 Å². The van der Waals surface area contributed by atoms with Crippen molar-refractivity contribution in [3.63, 3.8) is 0 Å². The average molecular weight is 482 g/mol. The number of benzene rings is 3. The summed E-state index contributed by atoms with van der Waals surface area (Å²) < 4.78 is 20.8. The van der Waals surface area contributed by atoms with Crippen LogP contribution in [-0.4, -0.2) is 25.2 Å². The van der Waals surface area contributed by atoms with Crippen LogP contribution in [0.1, 0.15) is 33.3 Å². The third-order valence-electron chi connectivity index (χ3n) is 5.69. The van der Waals surface area contributed by atoms with E-state index in [0.717, 1.165) is 21.4 Å². The molecule has 0 aliphatic rings. The van der Waals surface area contributed by atoms with Gasteiger partial charge in [-0.1, -0.05) is 48.0 Å². The highest BCUT2D eigenvalue weighted by Gasteiger charge is 2.26. The summed E-state index contributed by atoms with van der Waals surface area (Å²) in [4.78, 5) is 13.6. The monoisotopic (exact) mass is 481 g/mol. The molecule has 4 rings (SSSR count). The van der Waals surface area contributed by atoms with Gasteiger partial charge in [-0.3, -0.25) is 4.79 Å². The van der Waals surface area contributed by atoms with Crippen molar-refractivity contribution in [3.8, 4) is 0 Å². The summed E-state index contributed by atoms with van der Waals surface area (Å²) in [5, 5.41) is 4.54. The largest absolute Gasteiger partial charge is 0.376 e. The van der Waals surface area contributed by atoms with E-state index in [9.17, 15) is 9.18 Å². The van der Waals surface area contributed by atoms with Crippen LogP contribution in [0.15, 0.2) is 72.8 Å². The lowest BCUT2D eigenvalue weighted by Crippen LogP contribution is -2.43. The van der Waals surface area contributed by atoms with E-state index in [-0.39, 0.29) is 11.7 Å². The number of carbonyl (C=O) groups is 1. The first-order valence-electron chi connectivity index (χ1n) is 10.7. The summed E-state index contributed by atoms with van der Waals surface area (Å²) in [6.07, 6.45) is 1.26. The Bertz CT molecular complexity index is 1250. The molecule has 3 aromatic carbocycles. The lowest BCUT2D eigenvalue weighted by molar-refractivity contribution is 0.00769. The summed E-state index contributed by atoms with van der Waals surface area (Å²) >= 11 is 7.71. The number of carbonyl (C=O) groups excluding carboxylic acids is 1. The van der Waals surface area contributed by atoms with Gasteiger partial charge in [0, 0.05) is 46.7 Å². The first kappa shape index (κ1) is 23.4. The quantitative estimate of drug-likeness (QED) is 0.305. The predicted molar refractivity (Wildman–Crippen MR) is 134 cm³/mol. The van der Waals surface area contributed by atoms with E-state index >= 15 is 0 Å². The highest BCUT2D eigenvalue weighted by atomic mass is 35.5. The second-order valence-electron chi connectivity index (χ2n) is 8.38. The molecule has 0 radical (unpaired) electrons. The molecule has 6 heteroatoms. The van der Waals surface area contributed by atoms with Gasteiger partial charge in [0.25, 0.3) is 5.91 Å². The minimum atomic E-state index is -0.570. The van der Waals surface area contributed by atoms with Crippen molar-refractivity contribution in [1.82, 2.24) is 5.32 Å². The number of fused-ring (bicyclic) bond motifs is 1. The lowest BCUT2D eigenvalue weighted by Gasteiger charge is -2.29. The van der Waals surface area contributed by atoms with Gasteiger partial charge in [0.05, 0.1) is 5.60 Å². The molecule has 1 N–H and O–H groups in total. The Balaban J connectivity index is 1.52. The van der Waals surface area contributed by atoms with Crippen LogP contribution in [0.5, 0.6) is 0 Å². The van der Waals surface area contributed by atoms with Crippen LogP contribution in [0.25, 0.3) is 10.1 Å². The topological polar surface area (TPSA) is 38.3 Å². The Kier molecular flexibility index (Phi) is 7.13. The van der Waals surface area contributed by atoms with E-state index in [4.69, 9.17) is 16.3 Å². The molecule has 0 spiro atoms. The van der Waals surface area contributed by atoms with Crippen molar-refractivity contribution in [2.45, 2.75) is 25.4 Å². The number of nitrogens with one attached hydrogen (secondary N) is 1. The third-order valence-corrected chi connectivity index (χ3v) is 7.14. The smallest absolute Gasteiger partial charge is 0.251 e. The van der Waals surface area contributed by atoms with E-state index in [1.807, 2.05) is 31.2 Å². The molecule has 0 bridgehead atoms. The molecule has 33 heavy (non-hydrogen) atoms. The maximum Gasteiger partial charge on any atom is 0.251 e. The van der Waals surface area contributed by atoms with E-state index in [1.54, 1.807) is 36.6 Å². The average Bonchev–Trinajstić information content (AvgIpc) is 3.21. The zero-order chi connectivity index (χ0) is 23.4. The molecular formula is C27H25ClFNO2S. The van der Waals surface area contributed by atoms with Gasteiger partial charge in [0.2, 0.25) is 0 Å². The van der Waals surface area contributed by atoms with E-state index in [1.165, 1.54) is 16.8 Å². The maximum absolute atomic E-state index is 13.7. The fourth-order valence-electron chi connectivity index (χ4n) is 3.89. The number of methoxy groups -OCH3 is 1. The van der Waals surface area contributed by atoms with Gasteiger partial charge in [-0.15, -0.1) is 11.3 Å². The number of thiophene rings is 1. The molecule has 1 unspecified atom stereocenters. The molecule has 1 atom stereocenters. The van der Waals surface area contributed by atoms with Gasteiger partial charge in [0.15, 0.2) is 0 Å². The number of hydrogen-bond acceptors (Lipinski definition) is 3. The molecule has 1 amide bonds. The number of amides is 1. The lowest BCUT2D eigenvalue weighted by atomic mass is 9.95. The fourth-order valence-corrected chi connectivity index (χ4v) is 5.33. The summed E-state index contributed by atoms with van der Waals surface area (Å²) in [6, 6.07) is 22.1. The Hall–Kier alpha value is -2.73. The van der Waals surface area contributed by atoms with Crippen molar-refractivity contribution in [1.29, 1.82) is 0 Å². The molecule has 1 aromatic heterocycles. The van der Waals surface area contributed by atoms with Crippen LogP contribution in [0.3, 0.4) is 0 Å². The predicted octanol–water partition coefficient (Wildman–Crippen LogP) is 6.66. The highest BCUT2D eigenvalue weighted by molar-refractivity contribution is 7.19. The van der Waals surface area contributed by atoms with Crippen molar-refractivity contribution >= 4 is 38.9 Å². The van der Waals surface area contributed by atoms with Crippen molar-refractivity contribution in [2.24, 2.45) is 0 Å². The first-order valence-corrected chi connectivity index (χ1v) is 11.9. The van der Waals surface area contributed by atoms with Crippen LogP contribution in [0.4, 0.5) is 4.39 Å². The summed E-state index contributed by atoms with van der Waals surface area (Å²) in [6.45, 7) is 2.38. The summed E-state index contributed by atoms with van der Waals surface area (Å²) in [5.74, 6) is -0.447. The van der Waals surface area contributed by atoms with Gasteiger partial charge in [0.1, 0.15) is 5.82 Å². The molecule has 3 nitrogen and oxygen atoms in total. The minimum absolute atomic E-state index is 0.121. The minimum Gasteiger partial charge on any atom is -0.376 e. The maximum atomic E-state index is 13.7. The Labute approximate surface area is 202 Å². The van der Waals surface area contributed by atoms with Gasteiger partial charge < -0.3 is 10.1 Å². The van der Waals surface area contributed by atoms with Crippen LogP contribution in [-0.2, 0) is 17.6 Å². The Morgan fingerprint density at radius 1 is 1.09 bits per heavy atom. The Morgan fingerprint density at radius 2 is 1.88 bits per heavy atom. The van der Waals surface area contributed by atoms with Crippen LogP contribution >= 0.6 is 22.9 Å². The van der Waals surface area contributed by atoms with Crippen molar-refractivity contribution in [2.75, 3.05) is 13.7 Å². The number of hydrogen-bond donors (Lipinski definition) is 1. The molecule has 4 aromatic rings. The Morgan fingerprint density at radius 3 is 2.61 bits per heavy atom. The van der Waals surface area contributed by atoms with Crippen molar-refractivity contribution in [3.05, 3.63) is 105 Å². The summed E-state index contributed by atoms with van der Waals surface area (Å²) in [5.41, 5.74) is 2.05. The van der Waals surface area contributed by atoms with Gasteiger partial charge in [-0.25, -0.2) is 4.39 Å². The molecule has 170 valence electrons. The molecular weight excluding hydrogens is 457 g/mol. The van der Waals surface area contributed by atoms with E-state index < -0.39 is 5.60 Å². The van der Waals surface area contributed by atoms with Crippen LogP contribution in [0.2, 0.25) is 5.02 Å². The van der Waals surface area contributed by atoms with E-state index in [0.29, 0.717) is 30.0 Å². The molecule has 1 heterocycles. The van der Waals surface area contributed by atoms with Gasteiger partial charge in [-0.2, -0.15) is 0 Å². The molecule has 0 aliphatic carbocycles. The van der Waals surface area contributed by atoms with Crippen LogP contribution in [0, 0.1) is 5.82 Å². The number of rotatable bonds is 8. The molecule has 0 saturated carbocycles. The molecule has 0 fully saturated rings. The van der Waals surface area contributed by atoms with Gasteiger partial charge >= 0.3 is 0 Å². The standard InChI is InChI=1S/C27H25ClFNO2S/c1-27(32-2,17-30-26(31)19-7-4-3-5-8-19)16-21-10-6-9-20-14-24(33-25(20)21)13-18-11-22(28)15-23(29)12-18/h3-12,14-15H,13,16-17H2,1-2H3,(H,30,31). The molecule has 0 aliphatic heterocycles. The third kappa shape index (κ3) is 5.80. The first-order chi connectivity index (χ1) is 15.8. The fraction of sp³-hybridized carbons (Fsp3) is 0.222. The highest BCUT2D eigenvalue weighted by Crippen LogP contribution is 2.33. The van der Waals surface area contributed by atoms with E-state index in [2.05, 4.69) is 23.5 Å². The zero-order valence-corrected chi connectivity index (χ0v) is 20.1. The number of ether oxygens (including phenoxy) is 1. The molecule has 0 saturated heterocycles. The number of halogens is 2. The second kappa shape index (κ2) is 10.0. The van der Waals surface area contributed by atoms with Gasteiger partial charge in [-0.05, 0) is 59.8 Å². The SMILES string of the molecule is COC(C)(CNC(=O)c1ccccc1)Cc1cccc2cc(Cc3cc(F)cc(Cl)c3)sc12. The second-order valence-corrected chi connectivity index (χ2v) is 9.96. The zero-order valence-electron chi connectivity index (χ0n) is 18.5.